The summed E-state index contributed by atoms with van der Waals surface area (Å²) in [6.45, 7) is 9.98. The number of nitrogens with zero attached hydrogens (tertiary/aromatic N) is 1. The molecule has 0 aliphatic carbocycles. The second-order valence-electron chi connectivity index (χ2n) is 4.41. The highest BCUT2D eigenvalue weighted by atomic mass is 16.5. The highest BCUT2D eigenvalue weighted by molar-refractivity contribution is 5.82. The maximum Gasteiger partial charge on any atom is 0.141 e. The maximum atomic E-state index is 11.7. The molecule has 0 amide bonds. The van der Waals surface area contributed by atoms with Gasteiger partial charge in [-0.05, 0) is 18.2 Å². The van der Waals surface area contributed by atoms with E-state index < -0.39 is 0 Å². The van der Waals surface area contributed by atoms with Crippen molar-refractivity contribution in [2.45, 2.75) is 34.6 Å². The van der Waals surface area contributed by atoms with Gasteiger partial charge in [0.1, 0.15) is 11.5 Å². The molecule has 0 bridgehead atoms. The molecule has 0 radical (unpaired) electrons. The minimum Gasteiger partial charge on any atom is -0.493 e. The van der Waals surface area contributed by atoms with Gasteiger partial charge in [0.25, 0.3) is 0 Å². The molecule has 19 heavy (non-hydrogen) atoms. The second-order valence-corrected chi connectivity index (χ2v) is 4.41. The van der Waals surface area contributed by atoms with Gasteiger partial charge in [0.2, 0.25) is 0 Å². The molecular formula is C16H23NO2. The van der Waals surface area contributed by atoms with Gasteiger partial charge in [-0.25, -0.2) is 0 Å². The third-order valence-electron chi connectivity index (χ3n) is 2.52. The molecule has 1 unspecified atom stereocenters. The first-order chi connectivity index (χ1) is 9.04. The molecule has 104 valence electrons. The number of hydrogen-bond acceptors (Lipinski definition) is 3. The minimum absolute atomic E-state index is 0.0269. The smallest absolute Gasteiger partial charge is 0.141 e. The highest BCUT2D eigenvalue weighted by Gasteiger charge is 2.16. The van der Waals surface area contributed by atoms with Gasteiger partial charge in [-0.15, -0.1) is 0 Å². The summed E-state index contributed by atoms with van der Waals surface area (Å²) < 4.78 is 5.51. The van der Waals surface area contributed by atoms with Gasteiger partial charge in [0.05, 0.1) is 18.2 Å². The first-order valence-electron chi connectivity index (χ1n) is 6.71. The zero-order chi connectivity index (χ0) is 14.8. The molecule has 0 spiro atoms. The lowest BCUT2D eigenvalue weighted by molar-refractivity contribution is -0.126. The summed E-state index contributed by atoms with van der Waals surface area (Å²) in [5, 5.41) is 8.74. The van der Waals surface area contributed by atoms with Gasteiger partial charge >= 0.3 is 0 Å². The van der Waals surface area contributed by atoms with Crippen molar-refractivity contribution in [3.8, 4) is 11.8 Å². The maximum absolute atomic E-state index is 11.7. The van der Waals surface area contributed by atoms with Crippen LogP contribution in [0.1, 0.15) is 40.2 Å². The van der Waals surface area contributed by atoms with Crippen LogP contribution in [0.3, 0.4) is 0 Å². The van der Waals surface area contributed by atoms with Crippen LogP contribution in [0.15, 0.2) is 24.3 Å². The Labute approximate surface area is 116 Å². The molecule has 0 aromatic heterocycles. The van der Waals surface area contributed by atoms with E-state index in [1.165, 1.54) is 0 Å². The third-order valence-corrected chi connectivity index (χ3v) is 2.52. The van der Waals surface area contributed by atoms with Crippen molar-refractivity contribution in [3.63, 3.8) is 0 Å². The summed E-state index contributed by atoms with van der Waals surface area (Å²) in [5.41, 5.74) is 0.560. The van der Waals surface area contributed by atoms with Gasteiger partial charge < -0.3 is 4.74 Å². The van der Waals surface area contributed by atoms with E-state index in [0.717, 1.165) is 0 Å². The lowest BCUT2D eigenvalue weighted by Gasteiger charge is -2.14. The van der Waals surface area contributed by atoms with Crippen LogP contribution in [0.25, 0.3) is 0 Å². The number of Topliss-reactive ketones (excluding diaryl/α,β-unsaturated/α-hetero) is 1. The van der Waals surface area contributed by atoms with Crippen LogP contribution in [0.2, 0.25) is 0 Å². The molecule has 0 saturated heterocycles. The molecule has 1 atom stereocenters. The molecule has 1 rings (SSSR count). The summed E-state index contributed by atoms with van der Waals surface area (Å²) in [6.07, 6.45) is 0. The van der Waals surface area contributed by atoms with Crippen molar-refractivity contribution in [2.75, 3.05) is 6.61 Å². The molecule has 3 heteroatoms. The molecular weight excluding hydrogens is 238 g/mol. The van der Waals surface area contributed by atoms with Gasteiger partial charge in [-0.2, -0.15) is 5.26 Å². The number of nitriles is 1. The predicted octanol–water partition coefficient (Wildman–Crippen LogP) is 3.82. The van der Waals surface area contributed by atoms with Crippen LogP contribution in [0.5, 0.6) is 5.75 Å². The van der Waals surface area contributed by atoms with E-state index in [-0.39, 0.29) is 17.6 Å². The number of benzene rings is 1. The van der Waals surface area contributed by atoms with Gasteiger partial charge in [-0.1, -0.05) is 40.7 Å². The van der Waals surface area contributed by atoms with Crippen molar-refractivity contribution in [1.82, 2.24) is 0 Å². The molecule has 0 N–H and O–H groups in total. The van der Waals surface area contributed by atoms with Gasteiger partial charge in [-0.3, -0.25) is 4.79 Å². The lowest BCUT2D eigenvalue weighted by atomic mass is 9.98. The quantitative estimate of drug-likeness (QED) is 0.809. The minimum atomic E-state index is -0.124. The van der Waals surface area contributed by atoms with Crippen molar-refractivity contribution in [3.05, 3.63) is 29.8 Å². The van der Waals surface area contributed by atoms with Crippen molar-refractivity contribution in [1.29, 1.82) is 5.26 Å². The van der Waals surface area contributed by atoms with Crippen molar-refractivity contribution < 1.29 is 9.53 Å². The predicted molar refractivity (Wildman–Crippen MR) is 77.0 cm³/mol. The third kappa shape index (κ3) is 6.05. The van der Waals surface area contributed by atoms with Crippen LogP contribution < -0.4 is 4.74 Å². The van der Waals surface area contributed by atoms with Crippen LogP contribution in [0, 0.1) is 23.2 Å². The normalized spacial score (nSPS) is 11.0. The molecule has 0 saturated carbocycles. The first kappa shape index (κ1) is 17.2. The molecule has 1 aromatic rings. The van der Waals surface area contributed by atoms with E-state index in [4.69, 9.17) is 10.00 Å². The van der Waals surface area contributed by atoms with Crippen LogP contribution >= 0.6 is 0 Å². The fourth-order valence-corrected chi connectivity index (χ4v) is 1.53. The Morgan fingerprint density at radius 3 is 2.47 bits per heavy atom. The van der Waals surface area contributed by atoms with E-state index >= 15 is 0 Å². The van der Waals surface area contributed by atoms with E-state index in [2.05, 4.69) is 0 Å². The fraction of sp³-hybridized carbons (Fsp3) is 0.500. The van der Waals surface area contributed by atoms with E-state index in [1.807, 2.05) is 40.7 Å². The molecule has 0 aliphatic rings. The summed E-state index contributed by atoms with van der Waals surface area (Å²) in [6, 6.07) is 8.99. The average Bonchev–Trinajstić information content (AvgIpc) is 2.46. The first-order valence-corrected chi connectivity index (χ1v) is 6.71. The zero-order valence-corrected chi connectivity index (χ0v) is 12.4. The van der Waals surface area contributed by atoms with E-state index in [9.17, 15) is 4.79 Å². The van der Waals surface area contributed by atoms with Crippen LogP contribution in [-0.4, -0.2) is 12.4 Å². The Kier molecular flexibility index (Phi) is 8.28. The van der Waals surface area contributed by atoms with Crippen LogP contribution in [0.4, 0.5) is 0 Å². The number of rotatable bonds is 5. The second kappa shape index (κ2) is 9.16. The number of carbonyl (C=O) groups excluding carboxylic acids is 1. The highest BCUT2D eigenvalue weighted by Crippen LogP contribution is 2.15. The number of hydrogen-bond donors (Lipinski definition) is 0. The Morgan fingerprint density at radius 1 is 1.32 bits per heavy atom. The summed E-state index contributed by atoms with van der Waals surface area (Å²) in [4.78, 5) is 11.7. The Morgan fingerprint density at radius 2 is 1.95 bits per heavy atom. The molecule has 1 aromatic carbocycles. The van der Waals surface area contributed by atoms with E-state index in [1.54, 1.807) is 24.3 Å². The monoisotopic (exact) mass is 261 g/mol. The van der Waals surface area contributed by atoms with Crippen molar-refractivity contribution in [2.24, 2.45) is 11.8 Å². The topological polar surface area (TPSA) is 50.1 Å². The fourth-order valence-electron chi connectivity index (χ4n) is 1.53. The number of ether oxygens (including phenoxy) is 1. The lowest BCUT2D eigenvalue weighted by Crippen LogP contribution is -2.23. The Balaban J connectivity index is 0.00000154. The largest absolute Gasteiger partial charge is 0.493 e. The van der Waals surface area contributed by atoms with Crippen molar-refractivity contribution >= 4 is 5.78 Å². The van der Waals surface area contributed by atoms with Gasteiger partial charge in [0.15, 0.2) is 0 Å². The van der Waals surface area contributed by atoms with Gasteiger partial charge in [0, 0.05) is 11.8 Å². The number of ketones is 1. The molecule has 0 heterocycles. The zero-order valence-electron chi connectivity index (χ0n) is 12.4. The Bertz CT molecular complexity index is 433. The molecule has 0 fully saturated rings. The number of carbonyl (C=O) groups is 1. The standard InChI is InChI=1S/C14H17NO2.C2H6/c1-10(2)14(16)11(3)9-17-13-6-4-5-12(7-13)8-15;1-2/h4-7,10-11H,9H2,1-3H3;1-2H3. The van der Waals surface area contributed by atoms with E-state index in [0.29, 0.717) is 17.9 Å². The Hall–Kier alpha value is -1.82. The SMILES string of the molecule is CC.CC(C)C(=O)C(C)COc1cccc(C#N)c1. The summed E-state index contributed by atoms with van der Waals surface area (Å²) in [5.74, 6) is 0.730. The molecule has 0 aliphatic heterocycles. The average molecular weight is 261 g/mol. The summed E-state index contributed by atoms with van der Waals surface area (Å²) in [7, 11) is 0. The summed E-state index contributed by atoms with van der Waals surface area (Å²) >= 11 is 0. The molecule has 3 nitrogen and oxygen atoms in total. The van der Waals surface area contributed by atoms with Crippen LogP contribution in [-0.2, 0) is 4.79 Å².